The van der Waals surface area contributed by atoms with Gasteiger partial charge in [-0.1, -0.05) is 41.9 Å². The van der Waals surface area contributed by atoms with Crippen LogP contribution in [-0.2, 0) is 24.4 Å². The van der Waals surface area contributed by atoms with E-state index >= 15 is 0 Å². The summed E-state index contributed by atoms with van der Waals surface area (Å²) in [4.78, 5) is 26.9. The molecule has 0 spiro atoms. The predicted molar refractivity (Wildman–Crippen MR) is 107 cm³/mol. The molecule has 7 nitrogen and oxygen atoms in total. The van der Waals surface area contributed by atoms with Crippen molar-refractivity contribution in [2.24, 2.45) is 0 Å². The fraction of sp³-hybridized carbons (Fsp3) is 0.158. The molecule has 0 saturated carbocycles. The van der Waals surface area contributed by atoms with Gasteiger partial charge in [-0.05, 0) is 17.7 Å². The third-order valence-electron chi connectivity index (χ3n) is 3.74. The SMILES string of the molecule is O=C(Cc1nc(COc2ccc(Cl)cc2[N+](=O)[O-])cs1)NCc1ccccc1. The van der Waals surface area contributed by atoms with Crippen molar-refractivity contribution in [1.29, 1.82) is 0 Å². The van der Waals surface area contributed by atoms with Gasteiger partial charge in [-0.25, -0.2) is 4.98 Å². The molecule has 2 aromatic carbocycles. The molecule has 28 heavy (non-hydrogen) atoms. The van der Waals surface area contributed by atoms with E-state index in [1.54, 1.807) is 5.38 Å². The number of rotatable bonds is 8. The highest BCUT2D eigenvalue weighted by Crippen LogP contribution is 2.30. The molecular formula is C19H16ClN3O4S. The summed E-state index contributed by atoms with van der Waals surface area (Å²) in [5, 5.41) is 16.6. The Morgan fingerprint density at radius 3 is 2.79 bits per heavy atom. The Morgan fingerprint density at radius 1 is 1.25 bits per heavy atom. The summed E-state index contributed by atoms with van der Waals surface area (Å²) in [6.07, 6.45) is 0.165. The number of hydrogen-bond donors (Lipinski definition) is 1. The van der Waals surface area contributed by atoms with E-state index in [0.29, 0.717) is 17.2 Å². The highest BCUT2D eigenvalue weighted by atomic mass is 35.5. The molecule has 1 aromatic heterocycles. The third-order valence-corrected chi connectivity index (χ3v) is 4.87. The zero-order valence-corrected chi connectivity index (χ0v) is 16.2. The highest BCUT2D eigenvalue weighted by Gasteiger charge is 2.16. The van der Waals surface area contributed by atoms with Gasteiger partial charge in [0.25, 0.3) is 0 Å². The molecule has 1 N–H and O–H groups in total. The largest absolute Gasteiger partial charge is 0.480 e. The lowest BCUT2D eigenvalue weighted by molar-refractivity contribution is -0.385. The summed E-state index contributed by atoms with van der Waals surface area (Å²) < 4.78 is 5.51. The van der Waals surface area contributed by atoms with Crippen LogP contribution >= 0.6 is 22.9 Å². The molecule has 0 aliphatic rings. The van der Waals surface area contributed by atoms with Gasteiger partial charge in [0.1, 0.15) is 11.6 Å². The number of amides is 1. The Labute approximate surface area is 170 Å². The average Bonchev–Trinajstić information content (AvgIpc) is 3.13. The number of carbonyl (C=O) groups is 1. The molecule has 0 radical (unpaired) electrons. The number of thiazole rings is 1. The van der Waals surface area contributed by atoms with Crippen molar-refractivity contribution in [3.05, 3.63) is 85.3 Å². The van der Waals surface area contributed by atoms with Crippen molar-refractivity contribution in [1.82, 2.24) is 10.3 Å². The number of nitro benzene ring substituents is 1. The van der Waals surface area contributed by atoms with Gasteiger partial charge in [0.05, 0.1) is 17.0 Å². The van der Waals surface area contributed by atoms with Gasteiger partial charge in [-0.2, -0.15) is 0 Å². The maximum absolute atomic E-state index is 12.1. The highest BCUT2D eigenvalue weighted by molar-refractivity contribution is 7.09. The molecular weight excluding hydrogens is 402 g/mol. The minimum Gasteiger partial charge on any atom is -0.480 e. The summed E-state index contributed by atoms with van der Waals surface area (Å²) in [5.41, 5.74) is 1.41. The van der Waals surface area contributed by atoms with Crippen LogP contribution in [0.15, 0.2) is 53.9 Å². The van der Waals surface area contributed by atoms with Gasteiger partial charge < -0.3 is 10.1 Å². The van der Waals surface area contributed by atoms with E-state index in [2.05, 4.69) is 10.3 Å². The molecule has 0 unspecified atom stereocenters. The molecule has 0 fully saturated rings. The fourth-order valence-electron chi connectivity index (χ4n) is 2.40. The van der Waals surface area contributed by atoms with E-state index in [9.17, 15) is 14.9 Å². The van der Waals surface area contributed by atoms with Crippen molar-refractivity contribution in [3.8, 4) is 5.75 Å². The Bertz CT molecular complexity index is 978. The van der Waals surface area contributed by atoms with E-state index in [1.807, 2.05) is 30.3 Å². The van der Waals surface area contributed by atoms with Crippen LogP contribution in [0.3, 0.4) is 0 Å². The molecule has 0 saturated heterocycles. The number of nitro groups is 1. The van der Waals surface area contributed by atoms with E-state index in [0.717, 1.165) is 5.56 Å². The Balaban J connectivity index is 1.53. The summed E-state index contributed by atoms with van der Waals surface area (Å²) in [6, 6.07) is 13.8. The van der Waals surface area contributed by atoms with Gasteiger partial charge in [-0.15, -0.1) is 11.3 Å². The third kappa shape index (κ3) is 5.51. The summed E-state index contributed by atoms with van der Waals surface area (Å²) >= 11 is 7.13. The maximum Gasteiger partial charge on any atom is 0.312 e. The van der Waals surface area contributed by atoms with Crippen LogP contribution < -0.4 is 10.1 Å². The monoisotopic (exact) mass is 417 g/mol. The summed E-state index contributed by atoms with van der Waals surface area (Å²) in [6.45, 7) is 0.520. The minimum absolute atomic E-state index is 0.0601. The number of aromatic nitrogens is 1. The maximum atomic E-state index is 12.1. The molecule has 3 rings (SSSR count). The van der Waals surface area contributed by atoms with Gasteiger partial charge in [-0.3, -0.25) is 14.9 Å². The topological polar surface area (TPSA) is 94.4 Å². The molecule has 9 heteroatoms. The van der Waals surface area contributed by atoms with Crippen LogP contribution in [0.25, 0.3) is 0 Å². The zero-order chi connectivity index (χ0) is 19.9. The van der Waals surface area contributed by atoms with Crippen LogP contribution in [0, 0.1) is 10.1 Å². The Hall–Kier alpha value is -2.97. The first-order valence-corrected chi connectivity index (χ1v) is 9.57. The Morgan fingerprint density at radius 2 is 2.04 bits per heavy atom. The van der Waals surface area contributed by atoms with Crippen LogP contribution in [-0.4, -0.2) is 15.8 Å². The van der Waals surface area contributed by atoms with E-state index < -0.39 is 4.92 Å². The first-order chi connectivity index (χ1) is 13.5. The van der Waals surface area contributed by atoms with Gasteiger partial charge in [0.2, 0.25) is 5.91 Å². The number of nitrogens with one attached hydrogen (secondary N) is 1. The van der Waals surface area contributed by atoms with Crippen molar-refractivity contribution >= 4 is 34.5 Å². The molecule has 1 heterocycles. The number of ether oxygens (including phenoxy) is 1. The van der Waals surface area contributed by atoms with Crippen molar-refractivity contribution in [2.45, 2.75) is 19.6 Å². The van der Waals surface area contributed by atoms with Crippen LogP contribution in [0.2, 0.25) is 5.02 Å². The summed E-state index contributed by atoms with van der Waals surface area (Å²) in [5.74, 6) is -0.0106. The van der Waals surface area contributed by atoms with Crippen LogP contribution in [0.5, 0.6) is 5.75 Å². The standard InChI is InChI=1S/C19H16ClN3O4S/c20-14-6-7-17(16(8-14)23(25)26)27-11-15-12-28-19(22-15)9-18(24)21-10-13-4-2-1-3-5-13/h1-8,12H,9-11H2,(H,21,24). The lowest BCUT2D eigenvalue weighted by Gasteiger charge is -2.05. The normalized spacial score (nSPS) is 10.5. The summed E-state index contributed by atoms with van der Waals surface area (Å²) in [7, 11) is 0. The lowest BCUT2D eigenvalue weighted by atomic mass is 10.2. The fourth-order valence-corrected chi connectivity index (χ4v) is 3.34. The number of benzene rings is 2. The molecule has 0 aliphatic carbocycles. The second-order valence-electron chi connectivity index (χ2n) is 5.83. The zero-order valence-electron chi connectivity index (χ0n) is 14.6. The van der Waals surface area contributed by atoms with Crippen molar-refractivity contribution in [3.63, 3.8) is 0 Å². The number of carbonyl (C=O) groups excluding carboxylic acids is 1. The van der Waals surface area contributed by atoms with Gasteiger partial charge in [0.15, 0.2) is 5.75 Å². The van der Waals surface area contributed by atoms with Crippen molar-refractivity contribution < 1.29 is 14.5 Å². The predicted octanol–water partition coefficient (Wildman–Crippen LogP) is 4.14. The molecule has 0 bridgehead atoms. The smallest absolute Gasteiger partial charge is 0.312 e. The average molecular weight is 418 g/mol. The Kier molecular flexibility index (Phi) is 6.57. The van der Waals surface area contributed by atoms with Crippen LogP contribution in [0.1, 0.15) is 16.3 Å². The van der Waals surface area contributed by atoms with E-state index in [4.69, 9.17) is 16.3 Å². The van der Waals surface area contributed by atoms with Crippen LogP contribution in [0.4, 0.5) is 5.69 Å². The van der Waals surface area contributed by atoms with Crippen molar-refractivity contribution in [2.75, 3.05) is 0 Å². The molecule has 1 amide bonds. The molecule has 0 atom stereocenters. The molecule has 3 aromatic rings. The second kappa shape index (κ2) is 9.29. The van der Waals surface area contributed by atoms with Gasteiger partial charge in [0, 0.05) is 23.0 Å². The first kappa shape index (κ1) is 19.8. The first-order valence-electron chi connectivity index (χ1n) is 8.32. The lowest BCUT2D eigenvalue weighted by Crippen LogP contribution is -2.24. The molecule has 144 valence electrons. The minimum atomic E-state index is -0.551. The van der Waals surface area contributed by atoms with E-state index in [1.165, 1.54) is 29.5 Å². The van der Waals surface area contributed by atoms with Gasteiger partial charge >= 0.3 is 5.69 Å². The quantitative estimate of drug-likeness (QED) is 0.439. The van der Waals surface area contributed by atoms with E-state index in [-0.39, 0.29) is 35.4 Å². The second-order valence-corrected chi connectivity index (χ2v) is 7.21. The number of nitrogens with zero attached hydrogens (tertiary/aromatic N) is 2. The number of hydrogen-bond acceptors (Lipinski definition) is 6. The molecule has 0 aliphatic heterocycles. The number of halogens is 1.